The van der Waals surface area contributed by atoms with Gasteiger partial charge in [0.2, 0.25) is 0 Å². The van der Waals surface area contributed by atoms with Crippen LogP contribution in [0.3, 0.4) is 0 Å². The highest BCUT2D eigenvalue weighted by Crippen LogP contribution is 2.39. The molecule has 0 aliphatic heterocycles. The van der Waals surface area contributed by atoms with Crippen LogP contribution in [0.2, 0.25) is 0 Å². The molecule has 3 aromatic carbocycles. The van der Waals surface area contributed by atoms with Gasteiger partial charge in [0, 0.05) is 41.9 Å². The van der Waals surface area contributed by atoms with Gasteiger partial charge in [0.05, 0.1) is 25.6 Å². The van der Waals surface area contributed by atoms with Gasteiger partial charge in [-0.25, -0.2) is 4.39 Å². The molecule has 5 rings (SSSR count). The van der Waals surface area contributed by atoms with E-state index in [1.807, 2.05) is 66.2 Å². The molecular formula is C33H34ClFN2O3S. The molecule has 0 aliphatic rings. The summed E-state index contributed by atoms with van der Waals surface area (Å²) in [6, 6.07) is 25.0. The molecule has 0 saturated carbocycles. The fourth-order valence-corrected chi connectivity index (χ4v) is 6.23. The third kappa shape index (κ3) is 6.88. The van der Waals surface area contributed by atoms with Crippen LogP contribution in [0.25, 0.3) is 20.7 Å². The van der Waals surface area contributed by atoms with Gasteiger partial charge in [-0.15, -0.1) is 23.7 Å². The summed E-state index contributed by atoms with van der Waals surface area (Å²) in [6.45, 7) is 4.23. The van der Waals surface area contributed by atoms with Gasteiger partial charge in [0.25, 0.3) is 0 Å². The Labute approximate surface area is 250 Å². The van der Waals surface area contributed by atoms with Gasteiger partial charge in [-0.2, -0.15) is 0 Å². The number of nitrogens with zero attached hydrogens (tertiary/aromatic N) is 2. The first kappa shape index (κ1) is 30.5. The highest BCUT2D eigenvalue weighted by Gasteiger charge is 2.22. The molecule has 0 bridgehead atoms. The number of fused-ring (bicyclic) bond motifs is 1. The first-order valence-electron chi connectivity index (χ1n) is 13.3. The number of pyridine rings is 1. The molecule has 5 aromatic rings. The predicted octanol–water partition coefficient (Wildman–Crippen LogP) is 7.52. The minimum atomic E-state index is -0.268. The van der Waals surface area contributed by atoms with Crippen molar-refractivity contribution in [3.8, 4) is 16.2 Å². The SMILES string of the molecule is CCOCc1cn(Cc2ccccc2F)c2sc(-c3ccc(OC)cc3)c(CN(C)Cc3ccccc3)c2c1=O.Cl. The number of aromatic nitrogens is 1. The lowest BCUT2D eigenvalue weighted by atomic mass is 10.0. The normalized spacial score (nSPS) is 11.1. The minimum Gasteiger partial charge on any atom is -0.497 e. The number of methoxy groups -OCH3 is 1. The molecule has 0 unspecified atom stereocenters. The fourth-order valence-electron chi connectivity index (χ4n) is 4.94. The Balaban J connectivity index is 0.00000387. The van der Waals surface area contributed by atoms with E-state index >= 15 is 0 Å². The molecule has 0 saturated heterocycles. The van der Waals surface area contributed by atoms with E-state index in [1.165, 1.54) is 11.6 Å². The van der Waals surface area contributed by atoms with Crippen molar-refractivity contribution >= 4 is 34.0 Å². The first-order chi connectivity index (χ1) is 19.5. The molecule has 2 heterocycles. The number of thiophene rings is 1. The molecule has 0 fully saturated rings. The molecule has 0 N–H and O–H groups in total. The van der Waals surface area contributed by atoms with Gasteiger partial charge in [0.1, 0.15) is 16.4 Å². The maximum atomic E-state index is 14.7. The Hall–Kier alpha value is -3.49. The summed E-state index contributed by atoms with van der Waals surface area (Å²) in [7, 11) is 3.71. The van der Waals surface area contributed by atoms with E-state index in [0.29, 0.717) is 36.2 Å². The van der Waals surface area contributed by atoms with Gasteiger partial charge in [0.15, 0.2) is 5.43 Å². The molecule has 2 aromatic heterocycles. The summed E-state index contributed by atoms with van der Waals surface area (Å²) in [5.74, 6) is 0.501. The van der Waals surface area contributed by atoms with Crippen LogP contribution in [0.5, 0.6) is 5.75 Å². The van der Waals surface area contributed by atoms with E-state index in [2.05, 4.69) is 24.1 Å². The quantitative estimate of drug-likeness (QED) is 0.159. The second-order valence-electron chi connectivity index (χ2n) is 9.82. The summed E-state index contributed by atoms with van der Waals surface area (Å²) in [5.41, 5.74) is 4.27. The van der Waals surface area contributed by atoms with Crippen LogP contribution in [-0.2, 0) is 31.0 Å². The number of hydrogen-bond donors (Lipinski definition) is 0. The maximum absolute atomic E-state index is 14.7. The average molecular weight is 593 g/mol. The van der Waals surface area contributed by atoms with E-state index < -0.39 is 0 Å². The lowest BCUT2D eigenvalue weighted by Crippen LogP contribution is -2.20. The Morgan fingerprint density at radius 2 is 1.63 bits per heavy atom. The molecule has 41 heavy (non-hydrogen) atoms. The van der Waals surface area contributed by atoms with E-state index in [-0.39, 0.29) is 30.3 Å². The summed E-state index contributed by atoms with van der Waals surface area (Å²) in [6.07, 6.45) is 1.83. The second kappa shape index (κ2) is 13.9. The summed E-state index contributed by atoms with van der Waals surface area (Å²) >= 11 is 1.57. The summed E-state index contributed by atoms with van der Waals surface area (Å²) < 4.78 is 27.8. The van der Waals surface area contributed by atoms with Gasteiger partial charge in [-0.3, -0.25) is 9.69 Å². The highest BCUT2D eigenvalue weighted by atomic mass is 35.5. The molecule has 0 radical (unpaired) electrons. The van der Waals surface area contributed by atoms with Crippen molar-refractivity contribution in [1.29, 1.82) is 0 Å². The molecule has 0 amide bonds. The average Bonchev–Trinajstić information content (AvgIpc) is 3.35. The third-order valence-corrected chi connectivity index (χ3v) is 8.23. The number of rotatable bonds is 11. The molecule has 214 valence electrons. The molecule has 0 aliphatic carbocycles. The van der Waals surface area contributed by atoms with Crippen molar-refractivity contribution in [3.63, 3.8) is 0 Å². The Bertz CT molecular complexity index is 1650. The minimum absolute atomic E-state index is 0. The Morgan fingerprint density at radius 1 is 0.927 bits per heavy atom. The van der Waals surface area contributed by atoms with Gasteiger partial charge < -0.3 is 14.0 Å². The number of hydrogen-bond acceptors (Lipinski definition) is 5. The zero-order valence-corrected chi connectivity index (χ0v) is 25.1. The van der Waals surface area contributed by atoms with Crippen LogP contribution in [0, 0.1) is 5.82 Å². The van der Waals surface area contributed by atoms with Gasteiger partial charge >= 0.3 is 0 Å². The Kier molecular flexibility index (Phi) is 10.3. The molecule has 5 nitrogen and oxygen atoms in total. The zero-order chi connectivity index (χ0) is 28.1. The van der Waals surface area contributed by atoms with Crippen LogP contribution in [0.1, 0.15) is 29.2 Å². The lowest BCUT2D eigenvalue weighted by molar-refractivity contribution is 0.133. The number of benzene rings is 3. The van der Waals surface area contributed by atoms with E-state index in [4.69, 9.17) is 9.47 Å². The fraction of sp³-hybridized carbons (Fsp3) is 0.242. The van der Waals surface area contributed by atoms with Crippen LogP contribution in [0.4, 0.5) is 4.39 Å². The van der Waals surface area contributed by atoms with E-state index in [0.717, 1.165) is 33.1 Å². The van der Waals surface area contributed by atoms with E-state index in [1.54, 1.807) is 30.6 Å². The van der Waals surface area contributed by atoms with Crippen molar-refractivity contribution in [2.45, 2.75) is 33.2 Å². The second-order valence-corrected chi connectivity index (χ2v) is 10.8. The van der Waals surface area contributed by atoms with Crippen molar-refractivity contribution in [1.82, 2.24) is 9.47 Å². The van der Waals surface area contributed by atoms with Gasteiger partial charge in [-0.1, -0.05) is 48.5 Å². The maximum Gasteiger partial charge on any atom is 0.196 e. The van der Waals surface area contributed by atoms with Crippen molar-refractivity contribution in [3.05, 3.63) is 123 Å². The third-order valence-electron chi connectivity index (χ3n) is 6.92. The largest absolute Gasteiger partial charge is 0.497 e. The van der Waals surface area contributed by atoms with Crippen molar-refractivity contribution < 1.29 is 13.9 Å². The van der Waals surface area contributed by atoms with Crippen LogP contribution in [0.15, 0.2) is 89.9 Å². The van der Waals surface area contributed by atoms with Crippen LogP contribution < -0.4 is 10.2 Å². The molecule has 0 atom stereocenters. The topological polar surface area (TPSA) is 43.7 Å². The zero-order valence-electron chi connectivity index (χ0n) is 23.4. The van der Waals surface area contributed by atoms with Crippen molar-refractivity contribution in [2.24, 2.45) is 0 Å². The number of halogens is 2. The van der Waals surface area contributed by atoms with Crippen molar-refractivity contribution in [2.75, 3.05) is 20.8 Å². The summed E-state index contributed by atoms with van der Waals surface area (Å²) in [4.78, 5) is 18.1. The van der Waals surface area contributed by atoms with Gasteiger partial charge in [-0.05, 0) is 61.0 Å². The molecular weight excluding hydrogens is 559 g/mol. The smallest absolute Gasteiger partial charge is 0.196 e. The Morgan fingerprint density at radius 3 is 2.32 bits per heavy atom. The molecule has 8 heteroatoms. The monoisotopic (exact) mass is 592 g/mol. The first-order valence-corrected chi connectivity index (χ1v) is 14.2. The standard InChI is InChI=1S/C33H33FN2O3S.ClH/c1-4-39-22-26-20-36(19-25-12-8-9-13-29(25)34)33-30(31(26)37)28(21-35(2)18-23-10-6-5-7-11-23)32(40-33)24-14-16-27(38-3)17-15-24;/h5-17,20H,4,18-19,21-22H2,1-3H3;1H. The highest BCUT2D eigenvalue weighted by molar-refractivity contribution is 7.22. The predicted molar refractivity (Wildman–Crippen MR) is 168 cm³/mol. The van der Waals surface area contributed by atoms with Crippen LogP contribution in [-0.4, -0.2) is 30.2 Å². The molecule has 0 spiro atoms. The summed E-state index contributed by atoms with van der Waals surface area (Å²) in [5, 5.41) is 0.671. The number of ether oxygens (including phenoxy) is 2. The van der Waals surface area contributed by atoms with E-state index in [9.17, 15) is 9.18 Å². The lowest BCUT2D eigenvalue weighted by Gasteiger charge is -2.18. The van der Waals surface area contributed by atoms with Crippen LogP contribution >= 0.6 is 23.7 Å².